The zero-order valence-corrected chi connectivity index (χ0v) is 18.6. The number of pyridine rings is 2. The van der Waals surface area contributed by atoms with Crippen molar-refractivity contribution in [2.24, 2.45) is 0 Å². The Labute approximate surface area is 182 Å². The smallest absolute Gasteiger partial charge is 0.212 e. The molecule has 0 saturated heterocycles. The predicted octanol–water partition coefficient (Wildman–Crippen LogP) is 4.95. The predicted molar refractivity (Wildman–Crippen MR) is 125 cm³/mol. The van der Waals surface area contributed by atoms with Crippen LogP contribution in [0.3, 0.4) is 0 Å². The number of fused-ring (bicyclic) bond motifs is 1. The van der Waals surface area contributed by atoms with Gasteiger partial charge in [0.15, 0.2) is 0 Å². The quantitative estimate of drug-likeness (QED) is 0.431. The van der Waals surface area contributed by atoms with Gasteiger partial charge in [-0.25, -0.2) is 13.4 Å². The molecule has 0 fully saturated rings. The molecule has 2 aromatic carbocycles. The Morgan fingerprint density at radius 3 is 2.45 bits per heavy atom. The lowest BCUT2D eigenvalue weighted by Gasteiger charge is -2.14. The van der Waals surface area contributed by atoms with Gasteiger partial charge in [0.2, 0.25) is 5.88 Å². The number of methoxy groups -OCH3 is 1. The lowest BCUT2D eigenvalue weighted by Crippen LogP contribution is -2.18. The largest absolute Gasteiger partial charge is 0.481 e. The molecule has 2 heterocycles. The van der Waals surface area contributed by atoms with Crippen LogP contribution in [-0.2, 0) is 16.3 Å². The number of nitrogens with zero attached hydrogens (tertiary/aromatic N) is 2. The molecule has 0 radical (unpaired) electrons. The summed E-state index contributed by atoms with van der Waals surface area (Å²) in [5.41, 5.74) is 5.89. The molecule has 4 aromatic rings. The van der Waals surface area contributed by atoms with E-state index in [1.807, 2.05) is 48.5 Å². The van der Waals surface area contributed by atoms with E-state index in [0.717, 1.165) is 38.7 Å². The fourth-order valence-electron chi connectivity index (χ4n) is 3.61. The maximum atomic E-state index is 12.0. The molecule has 0 amide bonds. The fraction of sp³-hybridized carbons (Fsp3) is 0.200. The summed E-state index contributed by atoms with van der Waals surface area (Å²) in [7, 11) is -1.52. The van der Waals surface area contributed by atoms with Gasteiger partial charge in [-0.15, -0.1) is 0 Å². The minimum absolute atomic E-state index is 0.453. The molecule has 6 heteroatoms. The van der Waals surface area contributed by atoms with Gasteiger partial charge in [0.05, 0.1) is 17.9 Å². The zero-order chi connectivity index (χ0) is 22.0. The first-order valence-electron chi connectivity index (χ1n) is 10.0. The summed E-state index contributed by atoms with van der Waals surface area (Å²) in [5, 5.41) is 0.540. The van der Waals surface area contributed by atoms with Crippen molar-refractivity contribution in [2.45, 2.75) is 18.6 Å². The lowest BCUT2D eigenvalue weighted by atomic mass is 9.95. The minimum Gasteiger partial charge on any atom is -0.481 e. The normalized spacial score (nSPS) is 12.6. The molecule has 0 aliphatic heterocycles. The van der Waals surface area contributed by atoms with Crippen LogP contribution in [0.2, 0.25) is 0 Å². The number of hydrogen-bond acceptors (Lipinski definition) is 5. The molecule has 158 valence electrons. The monoisotopic (exact) mass is 432 g/mol. The highest BCUT2D eigenvalue weighted by molar-refractivity contribution is 7.91. The number of sulfone groups is 1. The molecule has 31 heavy (non-hydrogen) atoms. The maximum Gasteiger partial charge on any atom is 0.212 e. The Balaban J connectivity index is 1.81. The molecule has 1 atom stereocenters. The molecule has 0 bridgehead atoms. The lowest BCUT2D eigenvalue weighted by molar-refractivity contribution is 0.398. The number of rotatable bonds is 6. The Morgan fingerprint density at radius 1 is 0.935 bits per heavy atom. The third-order valence-electron chi connectivity index (χ3n) is 5.47. The van der Waals surface area contributed by atoms with Crippen molar-refractivity contribution in [2.75, 3.05) is 13.4 Å². The molecule has 4 rings (SSSR count). The summed E-state index contributed by atoms with van der Waals surface area (Å²) >= 11 is 0. The Hall–Kier alpha value is -3.25. The topological polar surface area (TPSA) is 69.2 Å². The summed E-state index contributed by atoms with van der Waals surface area (Å²) in [5.74, 6) is 0.572. The van der Waals surface area contributed by atoms with Gasteiger partial charge in [-0.3, -0.25) is 4.98 Å². The van der Waals surface area contributed by atoms with Gasteiger partial charge >= 0.3 is 0 Å². The van der Waals surface area contributed by atoms with Crippen molar-refractivity contribution in [3.05, 3.63) is 78.6 Å². The van der Waals surface area contributed by atoms with Gasteiger partial charge in [0.1, 0.15) is 9.84 Å². The minimum atomic E-state index is -3.11. The van der Waals surface area contributed by atoms with Gasteiger partial charge in [-0.1, -0.05) is 24.3 Å². The first-order valence-corrected chi connectivity index (χ1v) is 12.0. The van der Waals surface area contributed by atoms with E-state index in [-0.39, 0.29) is 0 Å². The van der Waals surface area contributed by atoms with Crippen molar-refractivity contribution in [1.82, 2.24) is 9.97 Å². The van der Waals surface area contributed by atoms with Crippen LogP contribution in [0.4, 0.5) is 0 Å². The molecule has 2 aromatic heterocycles. The number of ether oxygens (including phenoxy) is 1. The van der Waals surface area contributed by atoms with Crippen LogP contribution in [0.1, 0.15) is 12.5 Å². The van der Waals surface area contributed by atoms with Crippen molar-refractivity contribution in [1.29, 1.82) is 0 Å². The molecule has 5 nitrogen and oxygen atoms in total. The zero-order valence-electron chi connectivity index (χ0n) is 17.7. The second kappa shape index (κ2) is 8.47. The third kappa shape index (κ3) is 4.59. The summed E-state index contributed by atoms with van der Waals surface area (Å²) in [4.78, 5) is 8.91. The van der Waals surface area contributed by atoms with E-state index in [4.69, 9.17) is 4.74 Å². The number of benzene rings is 2. The molecular formula is C25H24N2O3S. The van der Waals surface area contributed by atoms with Gasteiger partial charge in [-0.05, 0) is 60.4 Å². The van der Waals surface area contributed by atoms with E-state index in [2.05, 4.69) is 22.1 Å². The Morgan fingerprint density at radius 2 is 1.74 bits per heavy atom. The highest BCUT2D eigenvalue weighted by Crippen LogP contribution is 2.32. The Kier molecular flexibility index (Phi) is 5.74. The van der Waals surface area contributed by atoms with E-state index >= 15 is 0 Å². The van der Waals surface area contributed by atoms with Crippen molar-refractivity contribution in [3.63, 3.8) is 0 Å². The van der Waals surface area contributed by atoms with Crippen LogP contribution in [0.5, 0.6) is 5.88 Å². The first kappa shape index (κ1) is 21.0. The van der Waals surface area contributed by atoms with Crippen LogP contribution in [0.15, 0.2) is 73.1 Å². The van der Waals surface area contributed by atoms with Crippen molar-refractivity contribution in [3.8, 4) is 28.1 Å². The molecule has 0 aliphatic rings. The average Bonchev–Trinajstić information content (AvgIpc) is 2.78. The van der Waals surface area contributed by atoms with E-state index in [0.29, 0.717) is 12.3 Å². The standard InChI is InChI=1S/C25H24N2O3S/c1-17(31(3,28)29)12-18-13-21-8-5-11-26-25(21)23(14-18)20-7-4-6-19(15-20)22-9-10-24(30-2)27-16-22/h4-11,13-17H,12H2,1-3H3. The van der Waals surface area contributed by atoms with Crippen LogP contribution in [0, 0.1) is 0 Å². The molecule has 0 spiro atoms. The van der Waals surface area contributed by atoms with Crippen LogP contribution in [-0.4, -0.2) is 37.0 Å². The SMILES string of the molecule is COc1ccc(-c2cccc(-c3cc(CC(C)S(C)(=O)=O)cc4cccnc34)c2)cn1. The van der Waals surface area contributed by atoms with E-state index < -0.39 is 15.1 Å². The van der Waals surface area contributed by atoms with Crippen molar-refractivity contribution < 1.29 is 13.2 Å². The summed E-state index contributed by atoms with van der Waals surface area (Å²) in [6.07, 6.45) is 5.31. The molecular weight excluding hydrogens is 408 g/mol. The highest BCUT2D eigenvalue weighted by atomic mass is 32.2. The van der Waals surface area contributed by atoms with E-state index in [9.17, 15) is 8.42 Å². The fourth-order valence-corrected chi connectivity index (χ4v) is 4.11. The van der Waals surface area contributed by atoms with Crippen LogP contribution >= 0.6 is 0 Å². The highest BCUT2D eigenvalue weighted by Gasteiger charge is 2.17. The van der Waals surface area contributed by atoms with Gasteiger partial charge in [0.25, 0.3) is 0 Å². The molecule has 0 N–H and O–H groups in total. The van der Waals surface area contributed by atoms with Gasteiger partial charge in [0, 0.05) is 41.2 Å². The van der Waals surface area contributed by atoms with E-state index in [1.54, 1.807) is 26.4 Å². The van der Waals surface area contributed by atoms with Crippen molar-refractivity contribution >= 4 is 20.7 Å². The van der Waals surface area contributed by atoms with E-state index in [1.165, 1.54) is 6.26 Å². The Bertz CT molecular complexity index is 1330. The second-order valence-electron chi connectivity index (χ2n) is 7.73. The van der Waals surface area contributed by atoms with Gasteiger partial charge in [-0.2, -0.15) is 0 Å². The molecule has 1 unspecified atom stereocenters. The molecule has 0 saturated carbocycles. The second-order valence-corrected chi connectivity index (χ2v) is 10.2. The van der Waals surface area contributed by atoms with Crippen LogP contribution < -0.4 is 4.74 Å². The van der Waals surface area contributed by atoms with Crippen LogP contribution in [0.25, 0.3) is 33.2 Å². The summed E-state index contributed by atoms with van der Waals surface area (Å²) < 4.78 is 29.1. The average molecular weight is 433 g/mol. The first-order chi connectivity index (χ1) is 14.8. The van der Waals surface area contributed by atoms with Gasteiger partial charge < -0.3 is 4.74 Å². The third-order valence-corrected chi connectivity index (χ3v) is 7.10. The molecule has 0 aliphatic carbocycles. The number of hydrogen-bond donors (Lipinski definition) is 0. The number of aromatic nitrogens is 2. The summed E-state index contributed by atoms with van der Waals surface area (Å²) in [6, 6.07) is 20.0. The summed E-state index contributed by atoms with van der Waals surface area (Å²) in [6.45, 7) is 1.75. The maximum absolute atomic E-state index is 12.0.